The first-order valence-electron chi connectivity index (χ1n) is 4.70. The summed E-state index contributed by atoms with van der Waals surface area (Å²) in [6.07, 6.45) is 4.77. The third kappa shape index (κ3) is 4.99. The van der Waals surface area contributed by atoms with Crippen LogP contribution < -0.4 is 0 Å². The number of aromatic carboxylic acids is 1. The number of carbonyl (C=O) groups is 1. The fourth-order valence-corrected chi connectivity index (χ4v) is 1.82. The van der Waals surface area contributed by atoms with E-state index in [1.54, 1.807) is 0 Å². The Morgan fingerprint density at radius 1 is 1.11 bits per heavy atom. The molecule has 0 aliphatic carbocycles. The number of hydrogen-bond donors (Lipinski definition) is 1. The summed E-state index contributed by atoms with van der Waals surface area (Å²) in [6.45, 7) is 0. The number of carboxylic acids is 1. The number of hydrogen-bond acceptors (Lipinski definition) is 3. The minimum absolute atomic E-state index is 0.144. The summed E-state index contributed by atoms with van der Waals surface area (Å²) in [5, 5.41) is 8.45. The number of aromatic nitrogens is 2. The van der Waals surface area contributed by atoms with Crippen LogP contribution in [0, 0.1) is 11.6 Å². The second-order valence-electron chi connectivity index (χ2n) is 3.10. The lowest BCUT2D eigenvalue weighted by Gasteiger charge is -1.97. The molecule has 1 N–H and O–H groups in total. The second kappa shape index (κ2) is 7.25. The molecule has 0 aromatic carbocycles. The molecule has 0 spiro atoms. The van der Waals surface area contributed by atoms with Gasteiger partial charge in [-0.15, -0.1) is 0 Å². The van der Waals surface area contributed by atoms with Crippen molar-refractivity contribution in [2.24, 2.45) is 0 Å². The Morgan fingerprint density at radius 3 is 2.11 bits per heavy atom. The van der Waals surface area contributed by atoms with Crippen molar-refractivity contribution in [3.63, 3.8) is 0 Å². The van der Waals surface area contributed by atoms with Crippen LogP contribution in [0.4, 0.5) is 8.78 Å². The topological polar surface area (TPSA) is 63.1 Å². The highest BCUT2D eigenvalue weighted by Gasteiger charge is 2.13. The SMILES string of the molecule is Fc1cncc(Br)c1.O=C(O)c1c(F)cncc1Br. The Kier molecular flexibility index (Phi) is 5.97. The van der Waals surface area contributed by atoms with Gasteiger partial charge in [-0.3, -0.25) is 9.97 Å². The van der Waals surface area contributed by atoms with E-state index < -0.39 is 11.8 Å². The van der Waals surface area contributed by atoms with E-state index in [2.05, 4.69) is 41.8 Å². The lowest BCUT2D eigenvalue weighted by atomic mass is 10.3. The van der Waals surface area contributed by atoms with Crippen molar-refractivity contribution in [2.45, 2.75) is 0 Å². The van der Waals surface area contributed by atoms with Gasteiger partial charge in [-0.05, 0) is 37.9 Å². The van der Waals surface area contributed by atoms with E-state index in [0.717, 1.165) is 12.4 Å². The molecule has 2 aromatic rings. The van der Waals surface area contributed by atoms with Crippen LogP contribution >= 0.6 is 31.9 Å². The minimum atomic E-state index is -1.31. The average molecular weight is 396 g/mol. The van der Waals surface area contributed by atoms with Crippen LogP contribution in [0.3, 0.4) is 0 Å². The zero-order valence-electron chi connectivity index (χ0n) is 9.15. The van der Waals surface area contributed by atoms with Gasteiger partial charge in [0.1, 0.15) is 11.4 Å². The van der Waals surface area contributed by atoms with Crippen molar-refractivity contribution in [3.05, 3.63) is 57.0 Å². The predicted octanol–water partition coefficient (Wildman–Crippen LogP) is 3.66. The molecule has 8 heteroatoms. The molecule has 0 unspecified atom stereocenters. The first-order valence-corrected chi connectivity index (χ1v) is 6.28. The van der Waals surface area contributed by atoms with Crippen molar-refractivity contribution in [1.29, 1.82) is 0 Å². The monoisotopic (exact) mass is 394 g/mol. The Bertz CT molecular complexity index is 559. The van der Waals surface area contributed by atoms with Crippen LogP contribution in [-0.2, 0) is 0 Å². The van der Waals surface area contributed by atoms with Crippen LogP contribution in [-0.4, -0.2) is 21.0 Å². The molecule has 0 amide bonds. The van der Waals surface area contributed by atoms with E-state index in [9.17, 15) is 13.6 Å². The Labute approximate surface area is 123 Å². The fraction of sp³-hybridized carbons (Fsp3) is 0. The highest BCUT2D eigenvalue weighted by molar-refractivity contribution is 9.10. The third-order valence-electron chi connectivity index (χ3n) is 1.74. The Balaban J connectivity index is 0.000000200. The highest BCUT2D eigenvalue weighted by atomic mass is 79.9. The van der Waals surface area contributed by atoms with Gasteiger partial charge < -0.3 is 5.11 Å². The van der Waals surface area contributed by atoms with E-state index in [1.165, 1.54) is 18.5 Å². The van der Waals surface area contributed by atoms with Gasteiger partial charge in [-0.25, -0.2) is 13.6 Å². The van der Waals surface area contributed by atoms with Gasteiger partial charge in [0, 0.05) is 16.9 Å². The van der Waals surface area contributed by atoms with Gasteiger partial charge in [0.2, 0.25) is 0 Å². The summed E-state index contributed by atoms with van der Waals surface area (Å²) in [7, 11) is 0. The summed E-state index contributed by atoms with van der Waals surface area (Å²) in [4.78, 5) is 17.3. The average Bonchev–Trinajstić information content (AvgIpc) is 2.28. The minimum Gasteiger partial charge on any atom is -0.478 e. The van der Waals surface area contributed by atoms with Crippen LogP contribution in [0.15, 0.2) is 39.8 Å². The van der Waals surface area contributed by atoms with Gasteiger partial charge >= 0.3 is 5.97 Å². The smallest absolute Gasteiger partial charge is 0.339 e. The molecule has 2 heterocycles. The van der Waals surface area contributed by atoms with Crippen LogP contribution in [0.2, 0.25) is 0 Å². The normalized spacial score (nSPS) is 9.47. The first-order chi connectivity index (χ1) is 8.91. The van der Waals surface area contributed by atoms with Crippen molar-refractivity contribution < 1.29 is 18.7 Å². The van der Waals surface area contributed by atoms with E-state index in [0.29, 0.717) is 4.47 Å². The largest absolute Gasteiger partial charge is 0.478 e. The van der Waals surface area contributed by atoms with Gasteiger partial charge in [-0.1, -0.05) is 0 Å². The predicted molar refractivity (Wildman–Crippen MR) is 70.7 cm³/mol. The molecule has 0 saturated heterocycles. The summed E-state index contributed by atoms with van der Waals surface area (Å²) in [5.74, 6) is -2.47. The Hall–Kier alpha value is -1.41. The highest BCUT2D eigenvalue weighted by Crippen LogP contribution is 2.17. The molecule has 0 radical (unpaired) electrons. The lowest BCUT2D eigenvalue weighted by molar-refractivity contribution is 0.0690. The standard InChI is InChI=1S/C6H3BrFNO2.C5H3BrFN/c7-3-1-9-2-4(8)5(3)6(10)11;6-4-1-5(7)3-8-2-4/h1-2H,(H,10,11);1-3H. The molecule has 19 heavy (non-hydrogen) atoms. The number of nitrogens with zero attached hydrogens (tertiary/aromatic N) is 2. The molecule has 4 nitrogen and oxygen atoms in total. The summed E-state index contributed by atoms with van der Waals surface area (Å²) < 4.78 is 25.5. The number of carboxylic acid groups (broad SMARTS) is 1. The number of pyridine rings is 2. The zero-order valence-corrected chi connectivity index (χ0v) is 12.3. The van der Waals surface area contributed by atoms with Gasteiger partial charge in [0.25, 0.3) is 0 Å². The molecule has 100 valence electrons. The van der Waals surface area contributed by atoms with E-state index in [4.69, 9.17) is 5.11 Å². The molecule has 0 atom stereocenters. The van der Waals surface area contributed by atoms with Crippen molar-refractivity contribution in [3.8, 4) is 0 Å². The molecule has 0 saturated carbocycles. The van der Waals surface area contributed by atoms with Gasteiger partial charge in [0.15, 0.2) is 5.82 Å². The van der Waals surface area contributed by atoms with Gasteiger partial charge in [0.05, 0.1) is 16.9 Å². The summed E-state index contributed by atoms with van der Waals surface area (Å²) >= 11 is 5.92. The van der Waals surface area contributed by atoms with Crippen molar-refractivity contribution in [2.75, 3.05) is 0 Å². The molecule has 2 rings (SSSR count). The zero-order chi connectivity index (χ0) is 14.4. The van der Waals surface area contributed by atoms with Crippen molar-refractivity contribution in [1.82, 2.24) is 9.97 Å². The molecular weight excluding hydrogens is 390 g/mol. The second-order valence-corrected chi connectivity index (χ2v) is 4.87. The maximum absolute atomic E-state index is 12.6. The van der Waals surface area contributed by atoms with Crippen LogP contribution in [0.25, 0.3) is 0 Å². The molecular formula is C11H6Br2F2N2O2. The molecule has 0 aliphatic rings. The number of halogens is 4. The van der Waals surface area contributed by atoms with Gasteiger partial charge in [-0.2, -0.15) is 0 Å². The van der Waals surface area contributed by atoms with Crippen LogP contribution in [0.5, 0.6) is 0 Å². The van der Waals surface area contributed by atoms with E-state index in [1.807, 2.05) is 0 Å². The number of rotatable bonds is 1. The third-order valence-corrected chi connectivity index (χ3v) is 2.77. The first kappa shape index (κ1) is 15.6. The van der Waals surface area contributed by atoms with Crippen LogP contribution in [0.1, 0.15) is 10.4 Å². The fourth-order valence-electron chi connectivity index (χ4n) is 1.00. The molecule has 0 bridgehead atoms. The van der Waals surface area contributed by atoms with E-state index >= 15 is 0 Å². The molecule has 2 aromatic heterocycles. The quantitative estimate of drug-likeness (QED) is 0.800. The van der Waals surface area contributed by atoms with E-state index in [-0.39, 0.29) is 15.9 Å². The maximum atomic E-state index is 12.6. The molecule has 0 aliphatic heterocycles. The Morgan fingerprint density at radius 2 is 1.74 bits per heavy atom. The maximum Gasteiger partial charge on any atom is 0.339 e. The summed E-state index contributed by atoms with van der Waals surface area (Å²) in [6, 6.07) is 1.35. The lowest BCUT2D eigenvalue weighted by Crippen LogP contribution is -2.02. The molecule has 0 fully saturated rings. The summed E-state index contributed by atoms with van der Waals surface area (Å²) in [5.41, 5.74) is -0.389. The van der Waals surface area contributed by atoms with Crippen molar-refractivity contribution >= 4 is 37.8 Å².